The minimum absolute atomic E-state index is 0.0623. The maximum absolute atomic E-state index is 12.7. The van der Waals surface area contributed by atoms with Gasteiger partial charge in [0.25, 0.3) is 5.91 Å². The van der Waals surface area contributed by atoms with Crippen LogP contribution >= 0.6 is 0 Å². The van der Waals surface area contributed by atoms with Crippen molar-refractivity contribution in [3.63, 3.8) is 0 Å². The molecule has 20 heavy (non-hydrogen) atoms. The van der Waals surface area contributed by atoms with Gasteiger partial charge in [-0.3, -0.25) is 9.89 Å². The standard InChI is InChI=1S/C12H15N7O/c1-2-4-9-5-3-6-18(9)12(20)10-7-13-15-11(10)19-8-14-16-17-19/h3,5,7-9H,2,4,6H2,1H3,(H,13,15). The van der Waals surface area contributed by atoms with Crippen molar-refractivity contribution in [1.82, 2.24) is 35.3 Å². The summed E-state index contributed by atoms with van der Waals surface area (Å²) in [4.78, 5) is 14.5. The van der Waals surface area contributed by atoms with E-state index in [1.54, 1.807) is 0 Å². The van der Waals surface area contributed by atoms with E-state index in [-0.39, 0.29) is 11.9 Å². The van der Waals surface area contributed by atoms with Crippen LogP contribution in [0, 0.1) is 0 Å². The first-order valence-corrected chi connectivity index (χ1v) is 6.55. The summed E-state index contributed by atoms with van der Waals surface area (Å²) in [6, 6.07) is 0.157. The number of carbonyl (C=O) groups excluding carboxylic acids is 1. The zero-order valence-electron chi connectivity index (χ0n) is 11.1. The molecule has 1 aliphatic heterocycles. The molecule has 8 nitrogen and oxygen atoms in total. The van der Waals surface area contributed by atoms with E-state index >= 15 is 0 Å². The van der Waals surface area contributed by atoms with Crippen LogP contribution in [0.2, 0.25) is 0 Å². The molecule has 1 atom stereocenters. The molecule has 104 valence electrons. The quantitative estimate of drug-likeness (QED) is 0.822. The lowest BCUT2D eigenvalue weighted by atomic mass is 10.1. The molecular formula is C12H15N7O. The van der Waals surface area contributed by atoms with Gasteiger partial charge >= 0.3 is 0 Å². The Kier molecular flexibility index (Phi) is 3.28. The fourth-order valence-corrected chi connectivity index (χ4v) is 2.38. The van der Waals surface area contributed by atoms with Gasteiger partial charge in [0, 0.05) is 6.54 Å². The molecule has 8 heteroatoms. The molecule has 2 aromatic rings. The number of nitrogens with zero attached hydrogens (tertiary/aromatic N) is 6. The number of H-pyrrole nitrogens is 1. The number of aromatic amines is 1. The van der Waals surface area contributed by atoms with Gasteiger partial charge in [-0.25, -0.2) is 0 Å². The predicted molar refractivity (Wildman–Crippen MR) is 70.2 cm³/mol. The van der Waals surface area contributed by atoms with E-state index in [0.717, 1.165) is 12.8 Å². The van der Waals surface area contributed by atoms with Crippen molar-refractivity contribution < 1.29 is 4.79 Å². The fraction of sp³-hybridized carbons (Fsp3) is 0.417. The number of amides is 1. The maximum atomic E-state index is 12.7. The first kappa shape index (κ1) is 12.5. The third kappa shape index (κ3) is 2.09. The summed E-state index contributed by atoms with van der Waals surface area (Å²) in [7, 11) is 0. The Labute approximate surface area is 115 Å². The van der Waals surface area contributed by atoms with Gasteiger partial charge in [-0.15, -0.1) is 5.10 Å². The van der Waals surface area contributed by atoms with E-state index in [1.807, 2.05) is 11.0 Å². The molecule has 0 aliphatic carbocycles. The smallest absolute Gasteiger partial charge is 0.260 e. The second-order valence-corrected chi connectivity index (χ2v) is 4.63. The third-order valence-electron chi connectivity index (χ3n) is 3.33. The molecule has 2 aromatic heterocycles. The first-order chi connectivity index (χ1) is 9.81. The van der Waals surface area contributed by atoms with Crippen molar-refractivity contribution in [3.8, 4) is 5.82 Å². The Bertz CT molecular complexity index is 616. The highest BCUT2D eigenvalue weighted by atomic mass is 16.2. The molecule has 0 fully saturated rings. The van der Waals surface area contributed by atoms with Crippen molar-refractivity contribution >= 4 is 5.91 Å². The average Bonchev–Trinajstić information content (AvgIpc) is 3.19. The second kappa shape index (κ2) is 5.24. The number of hydrogen-bond acceptors (Lipinski definition) is 5. The van der Waals surface area contributed by atoms with Gasteiger partial charge in [-0.2, -0.15) is 9.78 Å². The number of carbonyl (C=O) groups is 1. The van der Waals surface area contributed by atoms with Gasteiger partial charge in [0.1, 0.15) is 11.9 Å². The normalized spacial score (nSPS) is 17.9. The van der Waals surface area contributed by atoms with Crippen molar-refractivity contribution in [2.24, 2.45) is 0 Å². The zero-order valence-corrected chi connectivity index (χ0v) is 11.1. The number of aromatic nitrogens is 6. The van der Waals surface area contributed by atoms with Crippen LogP contribution in [-0.2, 0) is 0 Å². The molecule has 1 amide bonds. The van der Waals surface area contributed by atoms with Gasteiger partial charge in [-0.1, -0.05) is 25.5 Å². The van der Waals surface area contributed by atoms with Crippen LogP contribution < -0.4 is 0 Å². The minimum atomic E-state index is -0.0623. The molecule has 1 unspecified atom stereocenters. The molecule has 0 radical (unpaired) electrons. The lowest BCUT2D eigenvalue weighted by Crippen LogP contribution is -2.36. The first-order valence-electron chi connectivity index (χ1n) is 6.55. The average molecular weight is 273 g/mol. The van der Waals surface area contributed by atoms with Crippen LogP contribution in [0.4, 0.5) is 0 Å². The Morgan fingerprint density at radius 2 is 2.45 bits per heavy atom. The summed E-state index contributed by atoms with van der Waals surface area (Å²) in [5.41, 5.74) is 0.474. The van der Waals surface area contributed by atoms with Gasteiger partial charge in [0.2, 0.25) is 0 Å². The highest BCUT2D eigenvalue weighted by Gasteiger charge is 2.28. The van der Waals surface area contributed by atoms with Crippen LogP contribution in [-0.4, -0.2) is 53.8 Å². The predicted octanol–water partition coefficient (Wildman–Crippen LogP) is 0.566. The van der Waals surface area contributed by atoms with Gasteiger partial charge in [0.05, 0.1) is 12.2 Å². The van der Waals surface area contributed by atoms with E-state index in [0.29, 0.717) is 17.9 Å². The molecule has 1 N–H and O–H groups in total. The van der Waals surface area contributed by atoms with Crippen molar-refractivity contribution in [1.29, 1.82) is 0 Å². The lowest BCUT2D eigenvalue weighted by molar-refractivity contribution is 0.0744. The summed E-state index contributed by atoms with van der Waals surface area (Å²) in [6.07, 6.45) is 9.04. The van der Waals surface area contributed by atoms with Crippen LogP contribution in [0.15, 0.2) is 24.7 Å². The van der Waals surface area contributed by atoms with Crippen LogP contribution in [0.3, 0.4) is 0 Å². The fourth-order valence-electron chi connectivity index (χ4n) is 2.38. The Hall–Kier alpha value is -2.51. The number of rotatable bonds is 4. The highest BCUT2D eigenvalue weighted by Crippen LogP contribution is 2.20. The largest absolute Gasteiger partial charge is 0.328 e. The Morgan fingerprint density at radius 1 is 1.55 bits per heavy atom. The summed E-state index contributed by atoms with van der Waals surface area (Å²) in [5, 5.41) is 17.6. The number of tetrazole rings is 1. The summed E-state index contributed by atoms with van der Waals surface area (Å²) >= 11 is 0. The van der Waals surface area contributed by atoms with E-state index in [4.69, 9.17) is 0 Å². The molecular weight excluding hydrogens is 258 g/mol. The van der Waals surface area contributed by atoms with Crippen LogP contribution in [0.5, 0.6) is 0 Å². The summed E-state index contributed by atoms with van der Waals surface area (Å²) < 4.78 is 1.40. The molecule has 0 spiro atoms. The maximum Gasteiger partial charge on any atom is 0.260 e. The molecule has 0 bridgehead atoms. The van der Waals surface area contributed by atoms with Gasteiger partial charge in [-0.05, 0) is 16.8 Å². The topological polar surface area (TPSA) is 92.6 Å². The molecule has 1 aliphatic rings. The van der Waals surface area contributed by atoms with E-state index < -0.39 is 0 Å². The van der Waals surface area contributed by atoms with Gasteiger partial charge < -0.3 is 4.90 Å². The zero-order chi connectivity index (χ0) is 13.9. The molecule has 0 aromatic carbocycles. The van der Waals surface area contributed by atoms with Crippen LogP contribution in [0.1, 0.15) is 30.1 Å². The molecule has 0 saturated carbocycles. The summed E-state index contributed by atoms with van der Waals surface area (Å²) in [6.45, 7) is 2.74. The second-order valence-electron chi connectivity index (χ2n) is 4.63. The van der Waals surface area contributed by atoms with Crippen molar-refractivity contribution in [2.75, 3.05) is 6.54 Å². The Morgan fingerprint density at radius 3 is 3.20 bits per heavy atom. The van der Waals surface area contributed by atoms with Crippen molar-refractivity contribution in [2.45, 2.75) is 25.8 Å². The van der Waals surface area contributed by atoms with Crippen LogP contribution in [0.25, 0.3) is 5.82 Å². The van der Waals surface area contributed by atoms with Gasteiger partial charge in [0.15, 0.2) is 5.82 Å². The van der Waals surface area contributed by atoms with E-state index in [1.165, 1.54) is 17.2 Å². The highest BCUT2D eigenvalue weighted by molar-refractivity contribution is 5.97. The Balaban J connectivity index is 1.87. The molecule has 3 heterocycles. The number of hydrogen-bond donors (Lipinski definition) is 1. The molecule has 3 rings (SSSR count). The lowest BCUT2D eigenvalue weighted by Gasteiger charge is -2.24. The SMILES string of the molecule is CCCC1C=CCN1C(=O)c1cn[nH]c1-n1cnnn1. The van der Waals surface area contributed by atoms with Crippen molar-refractivity contribution in [3.05, 3.63) is 30.2 Å². The monoisotopic (exact) mass is 273 g/mol. The minimum Gasteiger partial charge on any atom is -0.328 e. The van der Waals surface area contributed by atoms with E-state index in [9.17, 15) is 4.79 Å². The van der Waals surface area contributed by atoms with E-state index in [2.05, 4.69) is 38.7 Å². The third-order valence-corrected chi connectivity index (χ3v) is 3.33. The molecule has 0 saturated heterocycles. The summed E-state index contributed by atoms with van der Waals surface area (Å²) in [5.74, 6) is 0.426. The number of nitrogens with one attached hydrogen (secondary N) is 1.